The molecule has 0 aromatic carbocycles. The lowest BCUT2D eigenvalue weighted by Gasteiger charge is -2.26. The Labute approximate surface area is 109 Å². The van der Waals surface area contributed by atoms with Crippen molar-refractivity contribution in [3.05, 3.63) is 0 Å². The minimum atomic E-state index is 0.543. The summed E-state index contributed by atoms with van der Waals surface area (Å²) >= 11 is 0. The summed E-state index contributed by atoms with van der Waals surface area (Å²) in [6.45, 7) is 20.2. The van der Waals surface area contributed by atoms with Crippen LogP contribution >= 0.6 is 0 Å². The van der Waals surface area contributed by atoms with Crippen LogP contribution < -0.4 is 5.32 Å². The van der Waals surface area contributed by atoms with E-state index in [-0.39, 0.29) is 0 Å². The van der Waals surface area contributed by atoms with Crippen LogP contribution in [0, 0.1) is 35.0 Å². The van der Waals surface area contributed by atoms with Gasteiger partial charge >= 0.3 is 0 Å². The van der Waals surface area contributed by atoms with Crippen LogP contribution in [-0.2, 0) is 0 Å². The Hall–Kier alpha value is -0.0400. The van der Waals surface area contributed by atoms with Gasteiger partial charge in [0, 0.05) is 6.04 Å². The largest absolute Gasteiger partial charge is 0.314 e. The van der Waals surface area contributed by atoms with E-state index in [1.54, 1.807) is 0 Å². The molecule has 0 aromatic heterocycles. The minimum absolute atomic E-state index is 0.543. The summed E-state index contributed by atoms with van der Waals surface area (Å²) in [6, 6.07) is 0.614. The van der Waals surface area contributed by atoms with Gasteiger partial charge in [-0.15, -0.1) is 0 Å². The zero-order chi connectivity index (χ0) is 13.4. The Morgan fingerprint density at radius 1 is 0.941 bits per heavy atom. The molecule has 1 rings (SSSR count). The first-order valence-corrected chi connectivity index (χ1v) is 7.43. The topological polar surface area (TPSA) is 12.0 Å². The standard InChI is InChI=1S/C16H33N/c1-10(2)14(11(3)4)15-13(16(15,7)8)9-17-12(5)6/h10-15,17H,9H2,1-8H3. The molecule has 1 heteroatoms. The summed E-state index contributed by atoms with van der Waals surface area (Å²) in [4.78, 5) is 0. The molecule has 0 bridgehead atoms. The van der Waals surface area contributed by atoms with E-state index in [1.165, 1.54) is 6.54 Å². The molecule has 1 N–H and O–H groups in total. The lowest BCUT2D eigenvalue weighted by atomic mass is 9.79. The lowest BCUT2D eigenvalue weighted by molar-refractivity contribution is 0.221. The maximum Gasteiger partial charge on any atom is 0.00104 e. The van der Waals surface area contributed by atoms with Crippen LogP contribution in [0.3, 0.4) is 0 Å². The van der Waals surface area contributed by atoms with Gasteiger partial charge in [-0.05, 0) is 41.5 Å². The molecule has 0 amide bonds. The van der Waals surface area contributed by atoms with Crippen LogP contribution in [0.4, 0.5) is 0 Å². The highest BCUT2D eigenvalue weighted by molar-refractivity contribution is 5.09. The van der Waals surface area contributed by atoms with E-state index in [0.29, 0.717) is 11.5 Å². The molecule has 0 heterocycles. The van der Waals surface area contributed by atoms with Crippen molar-refractivity contribution >= 4 is 0 Å². The highest BCUT2D eigenvalue weighted by Gasteiger charge is 2.60. The molecule has 0 saturated heterocycles. The first-order valence-electron chi connectivity index (χ1n) is 7.43. The molecule has 1 saturated carbocycles. The van der Waals surface area contributed by atoms with Gasteiger partial charge in [-0.25, -0.2) is 0 Å². The molecule has 17 heavy (non-hydrogen) atoms. The third-order valence-corrected chi connectivity index (χ3v) is 4.84. The van der Waals surface area contributed by atoms with Gasteiger partial charge in [-0.2, -0.15) is 0 Å². The van der Waals surface area contributed by atoms with Crippen LogP contribution in [0.5, 0.6) is 0 Å². The zero-order valence-corrected chi connectivity index (χ0v) is 13.2. The van der Waals surface area contributed by atoms with Crippen LogP contribution in [0.15, 0.2) is 0 Å². The molecule has 1 nitrogen and oxygen atoms in total. The summed E-state index contributed by atoms with van der Waals surface area (Å²) in [5, 5.41) is 3.63. The molecule has 102 valence electrons. The fraction of sp³-hybridized carbons (Fsp3) is 1.00. The second kappa shape index (κ2) is 5.30. The van der Waals surface area contributed by atoms with Crippen molar-refractivity contribution < 1.29 is 0 Å². The SMILES string of the molecule is CC(C)NCC1C(C(C(C)C)C(C)C)C1(C)C. The maximum absolute atomic E-state index is 3.63. The van der Waals surface area contributed by atoms with Crippen LogP contribution in [0.1, 0.15) is 55.4 Å². The predicted molar refractivity (Wildman–Crippen MR) is 77.1 cm³/mol. The summed E-state index contributed by atoms with van der Waals surface area (Å²) in [6.07, 6.45) is 0. The Morgan fingerprint density at radius 3 is 1.76 bits per heavy atom. The Bertz CT molecular complexity index is 232. The van der Waals surface area contributed by atoms with Gasteiger partial charge < -0.3 is 5.32 Å². The maximum atomic E-state index is 3.63. The lowest BCUT2D eigenvalue weighted by Crippen LogP contribution is -2.27. The molecule has 0 spiro atoms. The van der Waals surface area contributed by atoms with E-state index in [4.69, 9.17) is 0 Å². The Kier molecular flexibility index (Phi) is 4.68. The Morgan fingerprint density at radius 2 is 1.41 bits per heavy atom. The number of hydrogen-bond donors (Lipinski definition) is 1. The van der Waals surface area contributed by atoms with Crippen LogP contribution in [0.2, 0.25) is 0 Å². The molecule has 0 aromatic rings. The summed E-state index contributed by atoms with van der Waals surface area (Å²) in [5.41, 5.74) is 0.543. The molecule has 2 atom stereocenters. The highest BCUT2D eigenvalue weighted by Crippen LogP contribution is 2.64. The summed E-state index contributed by atoms with van der Waals surface area (Å²) in [7, 11) is 0. The van der Waals surface area contributed by atoms with Crippen molar-refractivity contribution in [3.63, 3.8) is 0 Å². The normalized spacial score (nSPS) is 27.5. The smallest absolute Gasteiger partial charge is 0.00104 e. The van der Waals surface area contributed by atoms with Crippen molar-refractivity contribution in [2.45, 2.75) is 61.4 Å². The van der Waals surface area contributed by atoms with Crippen molar-refractivity contribution in [2.75, 3.05) is 6.54 Å². The van der Waals surface area contributed by atoms with E-state index in [1.807, 2.05) is 0 Å². The number of rotatable bonds is 6. The van der Waals surface area contributed by atoms with Gasteiger partial charge in [-0.1, -0.05) is 55.4 Å². The summed E-state index contributed by atoms with van der Waals surface area (Å²) < 4.78 is 0. The molecular formula is C16H33N. The molecule has 1 aliphatic rings. The van der Waals surface area contributed by atoms with Gasteiger partial charge in [0.15, 0.2) is 0 Å². The quantitative estimate of drug-likeness (QED) is 0.733. The van der Waals surface area contributed by atoms with Gasteiger partial charge in [-0.3, -0.25) is 0 Å². The van der Waals surface area contributed by atoms with Gasteiger partial charge in [0.05, 0.1) is 0 Å². The fourth-order valence-corrected chi connectivity index (χ4v) is 3.90. The third-order valence-electron chi connectivity index (χ3n) is 4.84. The molecule has 1 fully saturated rings. The van der Waals surface area contributed by atoms with E-state index >= 15 is 0 Å². The van der Waals surface area contributed by atoms with E-state index in [2.05, 4.69) is 60.7 Å². The second-order valence-corrected chi connectivity index (χ2v) is 7.58. The molecule has 0 radical (unpaired) electrons. The van der Waals surface area contributed by atoms with Gasteiger partial charge in [0.1, 0.15) is 0 Å². The van der Waals surface area contributed by atoms with Crippen molar-refractivity contribution in [1.82, 2.24) is 5.32 Å². The molecule has 2 unspecified atom stereocenters. The minimum Gasteiger partial charge on any atom is -0.314 e. The van der Waals surface area contributed by atoms with Gasteiger partial charge in [0.2, 0.25) is 0 Å². The average Bonchev–Trinajstić information content (AvgIpc) is 2.64. The fourth-order valence-electron chi connectivity index (χ4n) is 3.90. The Balaban J connectivity index is 2.65. The second-order valence-electron chi connectivity index (χ2n) is 7.58. The van der Waals surface area contributed by atoms with Crippen molar-refractivity contribution in [1.29, 1.82) is 0 Å². The van der Waals surface area contributed by atoms with E-state index < -0.39 is 0 Å². The average molecular weight is 239 g/mol. The molecular weight excluding hydrogens is 206 g/mol. The van der Waals surface area contributed by atoms with Gasteiger partial charge in [0.25, 0.3) is 0 Å². The summed E-state index contributed by atoms with van der Waals surface area (Å²) in [5.74, 6) is 4.28. The van der Waals surface area contributed by atoms with Crippen LogP contribution in [-0.4, -0.2) is 12.6 Å². The van der Waals surface area contributed by atoms with E-state index in [9.17, 15) is 0 Å². The number of hydrogen-bond acceptors (Lipinski definition) is 1. The molecule has 0 aliphatic heterocycles. The highest BCUT2D eigenvalue weighted by atomic mass is 14.9. The number of nitrogens with one attached hydrogen (secondary N) is 1. The zero-order valence-electron chi connectivity index (χ0n) is 13.2. The first-order chi connectivity index (χ1) is 7.69. The predicted octanol–water partition coefficient (Wildman–Crippen LogP) is 4.18. The van der Waals surface area contributed by atoms with E-state index in [0.717, 1.165) is 29.6 Å². The van der Waals surface area contributed by atoms with Crippen molar-refractivity contribution in [2.24, 2.45) is 35.0 Å². The third kappa shape index (κ3) is 3.24. The van der Waals surface area contributed by atoms with Crippen molar-refractivity contribution in [3.8, 4) is 0 Å². The molecule has 1 aliphatic carbocycles. The monoisotopic (exact) mass is 239 g/mol. The van der Waals surface area contributed by atoms with Crippen LogP contribution in [0.25, 0.3) is 0 Å². The first kappa shape index (κ1) is 15.0.